The third-order valence-electron chi connectivity index (χ3n) is 5.40. The molecule has 0 N–H and O–H groups in total. The molecule has 2 rings (SSSR count). The van der Waals surface area contributed by atoms with Crippen LogP contribution in [-0.4, -0.2) is 11.9 Å². The summed E-state index contributed by atoms with van der Waals surface area (Å²) in [6.07, 6.45) is 10.7. The fourth-order valence-electron chi connectivity index (χ4n) is 3.15. The monoisotopic (exact) mass is 482 g/mol. The maximum atomic E-state index is 4.92. The van der Waals surface area contributed by atoms with E-state index in [0.717, 1.165) is 23.5 Å². The second kappa shape index (κ2) is 13.6. The van der Waals surface area contributed by atoms with Gasteiger partial charge in [0, 0.05) is 26.6 Å². The number of aliphatic imine (C=N–C) groups is 2. The van der Waals surface area contributed by atoms with Gasteiger partial charge in [-0.3, -0.25) is 9.98 Å². The van der Waals surface area contributed by atoms with Crippen LogP contribution < -0.4 is 0 Å². The molecule has 0 bridgehead atoms. The summed E-state index contributed by atoms with van der Waals surface area (Å²) in [5, 5.41) is 0. The molecule has 2 nitrogen and oxygen atoms in total. The number of benzene rings is 2. The van der Waals surface area contributed by atoms with Crippen LogP contribution in [-0.2, 0) is 20.4 Å². The SMILES string of the molecule is CCCCCCCCC(C=Nc1ccc(C)c(C)c1)=Nc1ccc(C)c(C)c1.[Pd]. The molecule has 0 spiro atoms. The predicted molar refractivity (Wildman–Crippen MR) is 125 cm³/mol. The number of unbranched alkanes of at least 4 members (excludes halogenated alkanes) is 5. The van der Waals surface area contributed by atoms with Crippen molar-refractivity contribution in [3.8, 4) is 0 Å². The zero-order valence-electron chi connectivity index (χ0n) is 18.7. The van der Waals surface area contributed by atoms with E-state index in [4.69, 9.17) is 9.98 Å². The van der Waals surface area contributed by atoms with Crippen LogP contribution >= 0.6 is 0 Å². The number of aryl methyl sites for hydroxylation is 4. The largest absolute Gasteiger partial charge is 0.255 e. The Balaban J connectivity index is 0.00000420. The zero-order valence-corrected chi connectivity index (χ0v) is 20.3. The Bertz CT molecular complexity index is 821. The first kappa shape index (κ1) is 25.5. The molecule has 0 aliphatic heterocycles. The van der Waals surface area contributed by atoms with Gasteiger partial charge in [0.15, 0.2) is 0 Å². The van der Waals surface area contributed by atoms with Crippen molar-refractivity contribution in [1.82, 2.24) is 0 Å². The van der Waals surface area contributed by atoms with Crippen molar-refractivity contribution in [3.05, 3.63) is 58.7 Å². The minimum atomic E-state index is 0. The maximum absolute atomic E-state index is 4.92. The van der Waals surface area contributed by atoms with Crippen molar-refractivity contribution in [1.29, 1.82) is 0 Å². The van der Waals surface area contributed by atoms with Crippen LogP contribution in [0, 0.1) is 27.7 Å². The van der Waals surface area contributed by atoms with Gasteiger partial charge < -0.3 is 0 Å². The quantitative estimate of drug-likeness (QED) is 0.185. The standard InChI is InChI=1S/C26H36N2.Pd/c1-6-7-8-9-10-11-12-26(28-25-16-14-21(3)23(5)18-25)19-27-24-15-13-20(2)22(4)17-24;/h13-19H,6-12H2,1-5H3;. The van der Waals surface area contributed by atoms with E-state index in [1.807, 2.05) is 6.21 Å². The van der Waals surface area contributed by atoms with Gasteiger partial charge in [-0.1, -0.05) is 51.2 Å². The van der Waals surface area contributed by atoms with E-state index in [0.29, 0.717) is 0 Å². The third kappa shape index (κ3) is 9.20. The molecular formula is C26H36N2Pd. The number of rotatable bonds is 10. The first-order valence-corrected chi connectivity index (χ1v) is 10.8. The van der Waals surface area contributed by atoms with E-state index in [-0.39, 0.29) is 20.4 Å². The molecule has 0 unspecified atom stereocenters. The van der Waals surface area contributed by atoms with E-state index in [9.17, 15) is 0 Å². The van der Waals surface area contributed by atoms with Crippen molar-refractivity contribution < 1.29 is 20.4 Å². The Morgan fingerprint density at radius 3 is 1.90 bits per heavy atom. The molecule has 0 fully saturated rings. The Labute approximate surface area is 191 Å². The average molecular weight is 483 g/mol. The molecule has 0 saturated heterocycles. The zero-order chi connectivity index (χ0) is 20.4. The maximum Gasteiger partial charge on any atom is 0.0636 e. The third-order valence-corrected chi connectivity index (χ3v) is 5.40. The molecule has 0 saturated carbocycles. The predicted octanol–water partition coefficient (Wildman–Crippen LogP) is 8.14. The summed E-state index contributed by atoms with van der Waals surface area (Å²) in [5.41, 5.74) is 8.26. The van der Waals surface area contributed by atoms with Gasteiger partial charge in [-0.2, -0.15) is 0 Å². The van der Waals surface area contributed by atoms with Gasteiger partial charge >= 0.3 is 0 Å². The minimum Gasteiger partial charge on any atom is -0.255 e. The van der Waals surface area contributed by atoms with E-state index >= 15 is 0 Å². The molecular weight excluding hydrogens is 447 g/mol. The molecule has 0 aromatic heterocycles. The summed E-state index contributed by atoms with van der Waals surface area (Å²) < 4.78 is 0. The smallest absolute Gasteiger partial charge is 0.0636 e. The fraction of sp³-hybridized carbons (Fsp3) is 0.462. The molecule has 160 valence electrons. The molecule has 29 heavy (non-hydrogen) atoms. The van der Waals surface area contributed by atoms with Crippen LogP contribution in [0.1, 0.15) is 74.1 Å². The molecule has 3 heteroatoms. The van der Waals surface area contributed by atoms with Crippen LogP contribution in [0.4, 0.5) is 11.4 Å². The average Bonchev–Trinajstić information content (AvgIpc) is 2.68. The summed E-state index contributed by atoms with van der Waals surface area (Å²) >= 11 is 0. The Hall–Kier alpha value is -1.56. The van der Waals surface area contributed by atoms with Gasteiger partial charge in [-0.15, -0.1) is 0 Å². The summed E-state index contributed by atoms with van der Waals surface area (Å²) in [6, 6.07) is 12.8. The van der Waals surface area contributed by atoms with E-state index < -0.39 is 0 Å². The molecule has 0 atom stereocenters. The topological polar surface area (TPSA) is 24.7 Å². The first-order valence-electron chi connectivity index (χ1n) is 10.8. The van der Waals surface area contributed by atoms with Crippen molar-refractivity contribution in [3.63, 3.8) is 0 Å². The summed E-state index contributed by atoms with van der Waals surface area (Å²) in [5.74, 6) is 0. The molecule has 0 aliphatic carbocycles. The molecule has 2 aromatic carbocycles. The first-order chi connectivity index (χ1) is 13.5. The minimum absolute atomic E-state index is 0. The van der Waals surface area contributed by atoms with Crippen molar-refractivity contribution in [2.75, 3.05) is 0 Å². The number of hydrogen-bond acceptors (Lipinski definition) is 2. The molecule has 0 aliphatic rings. The van der Waals surface area contributed by atoms with Gasteiger partial charge in [-0.05, 0) is 87.1 Å². The van der Waals surface area contributed by atoms with Crippen LogP contribution in [0.5, 0.6) is 0 Å². The second-order valence-electron chi connectivity index (χ2n) is 7.92. The molecule has 0 radical (unpaired) electrons. The molecule has 2 aromatic rings. The Morgan fingerprint density at radius 1 is 0.724 bits per heavy atom. The van der Waals surface area contributed by atoms with E-state index in [1.54, 1.807) is 0 Å². The molecule has 0 heterocycles. The summed E-state index contributed by atoms with van der Waals surface area (Å²) in [7, 11) is 0. The van der Waals surface area contributed by atoms with Crippen LogP contribution in [0.2, 0.25) is 0 Å². The van der Waals surface area contributed by atoms with Gasteiger partial charge in [0.05, 0.1) is 17.1 Å². The van der Waals surface area contributed by atoms with Crippen LogP contribution in [0.15, 0.2) is 46.4 Å². The van der Waals surface area contributed by atoms with Gasteiger partial charge in [0.2, 0.25) is 0 Å². The number of hydrogen-bond donors (Lipinski definition) is 0. The van der Waals surface area contributed by atoms with E-state index in [1.165, 1.54) is 60.8 Å². The van der Waals surface area contributed by atoms with Gasteiger partial charge in [0.25, 0.3) is 0 Å². The van der Waals surface area contributed by atoms with Gasteiger partial charge in [-0.25, -0.2) is 0 Å². The van der Waals surface area contributed by atoms with Gasteiger partial charge in [0.1, 0.15) is 0 Å². The fourth-order valence-corrected chi connectivity index (χ4v) is 3.15. The van der Waals surface area contributed by atoms with Crippen LogP contribution in [0.25, 0.3) is 0 Å². The Kier molecular flexibility index (Phi) is 12.0. The van der Waals surface area contributed by atoms with Crippen molar-refractivity contribution >= 4 is 23.3 Å². The Morgan fingerprint density at radius 2 is 1.28 bits per heavy atom. The van der Waals surface area contributed by atoms with Crippen molar-refractivity contribution in [2.45, 2.75) is 79.6 Å². The van der Waals surface area contributed by atoms with Crippen molar-refractivity contribution in [2.24, 2.45) is 9.98 Å². The molecule has 0 amide bonds. The normalized spacial score (nSPS) is 11.7. The van der Waals surface area contributed by atoms with E-state index in [2.05, 4.69) is 71.0 Å². The summed E-state index contributed by atoms with van der Waals surface area (Å²) in [4.78, 5) is 9.63. The summed E-state index contributed by atoms with van der Waals surface area (Å²) in [6.45, 7) is 10.8. The van der Waals surface area contributed by atoms with Crippen LogP contribution in [0.3, 0.4) is 0 Å². The number of nitrogens with zero attached hydrogens (tertiary/aromatic N) is 2. The second-order valence-corrected chi connectivity index (χ2v) is 7.92.